The second kappa shape index (κ2) is 7.82. The summed E-state index contributed by atoms with van der Waals surface area (Å²) in [5.41, 5.74) is 0.630. The number of nitrogens with one attached hydrogen (secondary N) is 1. The number of hydrogen-bond donors (Lipinski definition) is 2. The summed E-state index contributed by atoms with van der Waals surface area (Å²) in [4.78, 5) is 37.7. The summed E-state index contributed by atoms with van der Waals surface area (Å²) in [6.07, 6.45) is 0.937. The average Bonchev–Trinajstić information content (AvgIpc) is 3.08. The predicted octanol–water partition coefficient (Wildman–Crippen LogP) is 1.97. The minimum atomic E-state index is -0.607. The van der Waals surface area contributed by atoms with Crippen LogP contribution in [0.15, 0.2) is 29.2 Å². The molecule has 0 radical (unpaired) electrons. The van der Waals surface area contributed by atoms with Crippen molar-refractivity contribution in [2.75, 3.05) is 18.1 Å². The topological polar surface area (TPSA) is 86.7 Å². The van der Waals surface area contributed by atoms with E-state index in [1.54, 1.807) is 42.1 Å². The molecule has 132 valence electrons. The lowest BCUT2D eigenvalue weighted by Crippen LogP contribution is -2.47. The molecule has 2 saturated heterocycles. The Morgan fingerprint density at radius 1 is 1.36 bits per heavy atom. The minimum absolute atomic E-state index is 0.224. The second-order valence-electron chi connectivity index (χ2n) is 5.57. The minimum Gasteiger partial charge on any atom is -0.390 e. The Kier molecular flexibility index (Phi) is 5.73. The molecule has 2 aliphatic rings. The lowest BCUT2D eigenvalue weighted by Gasteiger charge is -2.18. The highest BCUT2D eigenvalue weighted by molar-refractivity contribution is 8.18. The molecule has 2 N–H and O–H groups in total. The van der Waals surface area contributed by atoms with Gasteiger partial charge in [0.05, 0.1) is 17.1 Å². The Balaban J connectivity index is 1.67. The van der Waals surface area contributed by atoms with E-state index in [0.29, 0.717) is 22.1 Å². The van der Waals surface area contributed by atoms with Gasteiger partial charge in [0.15, 0.2) is 0 Å². The Morgan fingerprint density at radius 3 is 2.80 bits per heavy atom. The summed E-state index contributed by atoms with van der Waals surface area (Å²) in [5, 5.41) is 12.4. The molecule has 9 heteroatoms. The molecule has 3 rings (SSSR count). The van der Waals surface area contributed by atoms with Crippen LogP contribution in [0.3, 0.4) is 0 Å². The molecule has 2 heterocycles. The first kappa shape index (κ1) is 18.3. The molecule has 2 atom stereocenters. The number of amides is 3. The first-order valence-corrected chi connectivity index (χ1v) is 9.85. The highest BCUT2D eigenvalue weighted by atomic mass is 35.5. The third kappa shape index (κ3) is 4.20. The Labute approximate surface area is 158 Å². The number of carbonyl (C=O) groups excluding carboxylic acids is 3. The van der Waals surface area contributed by atoms with E-state index in [-0.39, 0.29) is 17.5 Å². The van der Waals surface area contributed by atoms with Gasteiger partial charge in [-0.15, -0.1) is 0 Å². The standard InChI is InChI=1S/C16H15ClN2O4S2/c17-10-4-2-1-3-9(10)5-13-15(22)19(16(23)25-13)6-14(21)18-11-7-24-8-12(11)20/h1-5,11-12,20H,6-8H2,(H,18,21)/b13-5+/t11-,12+/m0/s1. The number of aliphatic hydroxyl groups is 1. The van der Waals surface area contributed by atoms with Crippen molar-refractivity contribution in [3.63, 3.8) is 0 Å². The Morgan fingerprint density at radius 2 is 2.12 bits per heavy atom. The van der Waals surface area contributed by atoms with E-state index in [2.05, 4.69) is 5.32 Å². The predicted molar refractivity (Wildman–Crippen MR) is 99.4 cm³/mol. The van der Waals surface area contributed by atoms with E-state index in [9.17, 15) is 19.5 Å². The fourth-order valence-corrected chi connectivity index (χ4v) is 4.64. The van der Waals surface area contributed by atoms with Gasteiger partial charge in [-0.05, 0) is 29.5 Å². The number of thioether (sulfide) groups is 2. The van der Waals surface area contributed by atoms with Crippen molar-refractivity contribution >= 4 is 58.3 Å². The van der Waals surface area contributed by atoms with Crippen LogP contribution in [-0.4, -0.2) is 57.3 Å². The highest BCUT2D eigenvalue weighted by Crippen LogP contribution is 2.33. The number of imide groups is 1. The fourth-order valence-electron chi connectivity index (χ4n) is 2.45. The highest BCUT2D eigenvalue weighted by Gasteiger charge is 2.37. The largest absolute Gasteiger partial charge is 0.390 e. The normalized spacial score (nSPS) is 25.0. The van der Waals surface area contributed by atoms with Crippen molar-refractivity contribution in [3.8, 4) is 0 Å². The summed E-state index contributed by atoms with van der Waals surface area (Å²) in [6.45, 7) is -0.363. The van der Waals surface area contributed by atoms with Crippen LogP contribution < -0.4 is 5.32 Å². The molecule has 2 fully saturated rings. The molecule has 25 heavy (non-hydrogen) atoms. The molecular weight excluding hydrogens is 384 g/mol. The number of halogens is 1. The van der Waals surface area contributed by atoms with E-state index in [1.807, 2.05) is 0 Å². The van der Waals surface area contributed by atoms with Crippen LogP contribution in [-0.2, 0) is 9.59 Å². The smallest absolute Gasteiger partial charge is 0.294 e. The molecule has 6 nitrogen and oxygen atoms in total. The van der Waals surface area contributed by atoms with E-state index in [1.165, 1.54) is 0 Å². The summed E-state index contributed by atoms with van der Waals surface area (Å²) >= 11 is 8.38. The maximum absolute atomic E-state index is 12.4. The summed E-state index contributed by atoms with van der Waals surface area (Å²) < 4.78 is 0. The van der Waals surface area contributed by atoms with E-state index >= 15 is 0 Å². The molecule has 0 spiro atoms. The van der Waals surface area contributed by atoms with Crippen molar-refractivity contribution in [2.45, 2.75) is 12.1 Å². The van der Waals surface area contributed by atoms with Crippen LogP contribution in [0.5, 0.6) is 0 Å². The van der Waals surface area contributed by atoms with Gasteiger partial charge in [0.25, 0.3) is 11.1 Å². The maximum Gasteiger partial charge on any atom is 0.294 e. The zero-order chi connectivity index (χ0) is 18.0. The number of hydrogen-bond acceptors (Lipinski definition) is 6. The summed E-state index contributed by atoms with van der Waals surface area (Å²) in [7, 11) is 0. The van der Waals surface area contributed by atoms with Crippen LogP contribution in [0, 0.1) is 0 Å². The van der Waals surface area contributed by atoms with Gasteiger partial charge in [0.1, 0.15) is 6.54 Å². The SMILES string of the molecule is O=C(CN1C(=O)S/C(=C/c2ccccc2Cl)C1=O)N[C@H]1CSC[C@H]1O. The summed E-state index contributed by atoms with van der Waals surface area (Å²) in [5.74, 6) is 0.188. The van der Waals surface area contributed by atoms with Gasteiger partial charge in [-0.1, -0.05) is 29.8 Å². The van der Waals surface area contributed by atoms with Gasteiger partial charge in [0.2, 0.25) is 5.91 Å². The molecule has 0 bridgehead atoms. The van der Waals surface area contributed by atoms with Crippen molar-refractivity contribution in [1.82, 2.24) is 10.2 Å². The second-order valence-corrected chi connectivity index (χ2v) is 8.04. The number of nitrogens with zero attached hydrogens (tertiary/aromatic N) is 1. The number of benzene rings is 1. The summed E-state index contributed by atoms with van der Waals surface area (Å²) in [6, 6.07) is 6.63. The van der Waals surface area contributed by atoms with Gasteiger partial charge in [-0.25, -0.2) is 0 Å². The van der Waals surface area contributed by atoms with Crippen LogP contribution in [0.2, 0.25) is 5.02 Å². The quantitative estimate of drug-likeness (QED) is 0.754. The number of aliphatic hydroxyl groups excluding tert-OH is 1. The lowest BCUT2D eigenvalue weighted by atomic mass is 10.2. The van der Waals surface area contributed by atoms with E-state index in [4.69, 9.17) is 11.6 Å². The van der Waals surface area contributed by atoms with Crippen molar-refractivity contribution in [3.05, 3.63) is 39.8 Å². The molecular formula is C16H15ClN2O4S2. The van der Waals surface area contributed by atoms with Crippen LogP contribution in [0.4, 0.5) is 4.79 Å². The number of carbonyl (C=O) groups is 3. The third-order valence-electron chi connectivity index (χ3n) is 3.76. The molecule has 1 aromatic carbocycles. The average molecular weight is 399 g/mol. The van der Waals surface area contributed by atoms with E-state index < -0.39 is 23.2 Å². The first-order chi connectivity index (χ1) is 12.0. The maximum atomic E-state index is 12.4. The Hall–Kier alpha value is -1.48. The molecule has 0 aliphatic carbocycles. The van der Waals surface area contributed by atoms with Crippen LogP contribution in [0.25, 0.3) is 6.08 Å². The van der Waals surface area contributed by atoms with Gasteiger partial charge >= 0.3 is 0 Å². The van der Waals surface area contributed by atoms with Gasteiger partial charge in [0, 0.05) is 16.5 Å². The third-order valence-corrected chi connectivity index (χ3v) is 6.19. The monoisotopic (exact) mass is 398 g/mol. The number of rotatable bonds is 4. The first-order valence-electron chi connectivity index (χ1n) is 7.51. The van der Waals surface area contributed by atoms with Gasteiger partial charge < -0.3 is 10.4 Å². The van der Waals surface area contributed by atoms with Crippen molar-refractivity contribution < 1.29 is 19.5 Å². The molecule has 0 unspecified atom stereocenters. The zero-order valence-electron chi connectivity index (χ0n) is 13.0. The zero-order valence-corrected chi connectivity index (χ0v) is 15.4. The lowest BCUT2D eigenvalue weighted by molar-refractivity contribution is -0.129. The molecule has 1 aromatic rings. The molecule has 3 amide bonds. The van der Waals surface area contributed by atoms with Crippen LogP contribution in [0.1, 0.15) is 5.56 Å². The molecule has 0 saturated carbocycles. The van der Waals surface area contributed by atoms with Gasteiger partial charge in [-0.2, -0.15) is 11.8 Å². The van der Waals surface area contributed by atoms with Crippen molar-refractivity contribution in [2.24, 2.45) is 0 Å². The van der Waals surface area contributed by atoms with Gasteiger partial charge in [-0.3, -0.25) is 19.3 Å². The molecule has 2 aliphatic heterocycles. The fraction of sp³-hybridized carbons (Fsp3) is 0.312. The van der Waals surface area contributed by atoms with Crippen molar-refractivity contribution in [1.29, 1.82) is 0 Å². The van der Waals surface area contributed by atoms with E-state index in [0.717, 1.165) is 16.7 Å². The molecule has 0 aromatic heterocycles. The Bertz CT molecular complexity index is 755. The van der Waals surface area contributed by atoms with Crippen LogP contribution >= 0.6 is 35.1 Å².